The monoisotopic (exact) mass is 552 g/mol. The maximum atomic E-state index is 13.4. The Hall–Kier alpha value is -3.73. The molecule has 11 heteroatoms. The Morgan fingerprint density at radius 1 is 1.15 bits per heavy atom. The van der Waals surface area contributed by atoms with Crippen molar-refractivity contribution in [2.75, 3.05) is 17.2 Å². The predicted molar refractivity (Wildman–Crippen MR) is 151 cm³/mol. The van der Waals surface area contributed by atoms with Gasteiger partial charge in [0.2, 0.25) is 5.88 Å². The highest BCUT2D eigenvalue weighted by Gasteiger charge is 2.39. The molecular formula is C28H36N6O4S. The van der Waals surface area contributed by atoms with E-state index in [9.17, 15) is 13.2 Å². The molecule has 4 heterocycles. The van der Waals surface area contributed by atoms with Crippen molar-refractivity contribution in [2.45, 2.75) is 70.6 Å². The van der Waals surface area contributed by atoms with E-state index >= 15 is 0 Å². The van der Waals surface area contributed by atoms with Crippen LogP contribution in [0.5, 0.6) is 5.88 Å². The number of nitrogen functional groups attached to an aromatic ring is 1. The van der Waals surface area contributed by atoms with Gasteiger partial charge in [-0.3, -0.25) is 4.79 Å². The van der Waals surface area contributed by atoms with Crippen molar-refractivity contribution in [1.82, 2.24) is 19.7 Å². The molecular weight excluding hydrogens is 516 g/mol. The second-order valence-corrected chi connectivity index (χ2v) is 12.2. The Labute approximate surface area is 230 Å². The molecule has 0 bridgehead atoms. The highest BCUT2D eigenvalue weighted by molar-refractivity contribution is 7.90. The summed E-state index contributed by atoms with van der Waals surface area (Å²) in [5.41, 5.74) is 6.87. The molecule has 4 rings (SSSR count). The minimum absolute atomic E-state index is 0.0368. The summed E-state index contributed by atoms with van der Waals surface area (Å²) in [6, 6.07) is 11.2. The van der Waals surface area contributed by atoms with E-state index in [1.807, 2.05) is 12.1 Å². The number of amides is 1. The lowest BCUT2D eigenvalue weighted by atomic mass is 9.97. The molecule has 1 atom stereocenters. The SMILES string of the molecule is CCC(CC)Oc1ccc(-c2ccc(C(=O)NS(=O)(=O)c3cccc(N)n3)c(N3CC(C)CC3(C)C)n2)cn1. The molecule has 0 saturated carbocycles. The third kappa shape index (κ3) is 6.30. The molecule has 0 spiro atoms. The van der Waals surface area contributed by atoms with Crippen molar-refractivity contribution in [2.24, 2.45) is 5.92 Å². The van der Waals surface area contributed by atoms with Gasteiger partial charge in [-0.05, 0) is 69.4 Å². The minimum atomic E-state index is -4.25. The van der Waals surface area contributed by atoms with Crippen molar-refractivity contribution >= 4 is 27.6 Å². The van der Waals surface area contributed by atoms with Gasteiger partial charge in [0.1, 0.15) is 11.6 Å². The smallest absolute Gasteiger partial charge is 0.281 e. The van der Waals surface area contributed by atoms with E-state index in [1.54, 1.807) is 18.3 Å². The zero-order valence-electron chi connectivity index (χ0n) is 23.0. The number of ether oxygens (including phenoxy) is 1. The summed E-state index contributed by atoms with van der Waals surface area (Å²) < 4.78 is 33.9. The van der Waals surface area contributed by atoms with Crippen LogP contribution in [0.3, 0.4) is 0 Å². The minimum Gasteiger partial charge on any atom is -0.474 e. The van der Waals surface area contributed by atoms with E-state index < -0.39 is 15.9 Å². The second kappa shape index (κ2) is 11.2. The molecule has 0 aromatic carbocycles. The molecule has 10 nitrogen and oxygen atoms in total. The standard InChI is InChI=1S/C28H36N6O4S/c1-6-20(7-2)38-24-14-11-19(16-30-24)22-13-12-21(26(31-22)34-17-18(3)15-28(34,4)5)27(35)33-39(36,37)25-10-8-9-23(29)32-25/h8-14,16,18,20H,6-7,15,17H2,1-5H3,(H2,29,32)(H,33,35). The Morgan fingerprint density at radius 3 is 2.49 bits per heavy atom. The van der Waals surface area contributed by atoms with Gasteiger partial charge in [0.15, 0.2) is 5.03 Å². The van der Waals surface area contributed by atoms with E-state index in [1.165, 1.54) is 18.2 Å². The Bertz CT molecular complexity index is 1440. The maximum absolute atomic E-state index is 13.4. The molecule has 1 aliphatic rings. The van der Waals surface area contributed by atoms with Crippen molar-refractivity contribution in [3.05, 3.63) is 54.2 Å². The van der Waals surface area contributed by atoms with Gasteiger partial charge in [0.05, 0.1) is 17.4 Å². The highest BCUT2D eigenvalue weighted by atomic mass is 32.2. The van der Waals surface area contributed by atoms with Gasteiger partial charge < -0.3 is 15.4 Å². The number of rotatable bonds is 9. The Kier molecular flexibility index (Phi) is 8.10. The number of carbonyl (C=O) groups excluding carboxylic acids is 1. The first kappa shape index (κ1) is 28.3. The number of carbonyl (C=O) groups is 1. The van der Waals surface area contributed by atoms with E-state index in [-0.39, 0.29) is 28.1 Å². The van der Waals surface area contributed by atoms with Crippen LogP contribution in [0.2, 0.25) is 0 Å². The van der Waals surface area contributed by atoms with Crippen LogP contribution in [0.1, 0.15) is 64.2 Å². The summed E-state index contributed by atoms with van der Waals surface area (Å²) in [5, 5.41) is -0.334. The van der Waals surface area contributed by atoms with E-state index in [2.05, 4.69) is 54.2 Å². The fourth-order valence-electron chi connectivity index (χ4n) is 4.99. The summed E-state index contributed by atoms with van der Waals surface area (Å²) in [5.74, 6) is 0.557. The number of anilines is 2. The predicted octanol–water partition coefficient (Wildman–Crippen LogP) is 4.43. The summed E-state index contributed by atoms with van der Waals surface area (Å²) >= 11 is 0. The normalized spacial score (nSPS) is 16.9. The molecule has 0 radical (unpaired) electrons. The molecule has 1 saturated heterocycles. The molecule has 1 unspecified atom stereocenters. The van der Waals surface area contributed by atoms with E-state index in [0.29, 0.717) is 29.9 Å². The number of nitrogens with one attached hydrogen (secondary N) is 1. The number of sulfonamides is 1. The third-order valence-corrected chi connectivity index (χ3v) is 8.16. The number of nitrogens with two attached hydrogens (primary N) is 1. The first-order chi connectivity index (χ1) is 18.4. The van der Waals surface area contributed by atoms with Crippen LogP contribution in [0.4, 0.5) is 11.6 Å². The largest absolute Gasteiger partial charge is 0.474 e. The third-order valence-electron chi connectivity index (χ3n) is 6.93. The number of nitrogens with zero attached hydrogens (tertiary/aromatic N) is 4. The summed E-state index contributed by atoms with van der Waals surface area (Å²) in [6.07, 6.45) is 4.47. The Morgan fingerprint density at radius 2 is 1.90 bits per heavy atom. The first-order valence-electron chi connectivity index (χ1n) is 13.1. The van der Waals surface area contributed by atoms with Gasteiger partial charge in [-0.15, -0.1) is 0 Å². The average Bonchev–Trinajstić information content (AvgIpc) is 3.18. The zero-order chi connectivity index (χ0) is 28.4. The fourth-order valence-corrected chi connectivity index (χ4v) is 5.93. The average molecular weight is 553 g/mol. The van der Waals surface area contributed by atoms with Crippen molar-refractivity contribution in [1.29, 1.82) is 0 Å². The molecule has 1 aliphatic heterocycles. The summed E-state index contributed by atoms with van der Waals surface area (Å²) in [6.45, 7) is 11.1. The number of aromatic nitrogens is 3. The quantitative estimate of drug-likeness (QED) is 0.394. The zero-order valence-corrected chi connectivity index (χ0v) is 23.8. The molecule has 3 aromatic rings. The van der Waals surface area contributed by atoms with Crippen LogP contribution in [-0.4, -0.2) is 47.5 Å². The van der Waals surface area contributed by atoms with Crippen molar-refractivity contribution in [3.8, 4) is 17.1 Å². The Balaban J connectivity index is 1.70. The van der Waals surface area contributed by atoms with Crippen LogP contribution >= 0.6 is 0 Å². The molecule has 39 heavy (non-hydrogen) atoms. The van der Waals surface area contributed by atoms with Gasteiger partial charge in [0.25, 0.3) is 15.9 Å². The number of pyridine rings is 3. The fraction of sp³-hybridized carbons (Fsp3) is 0.429. The second-order valence-electron chi connectivity index (χ2n) is 10.6. The van der Waals surface area contributed by atoms with Crippen LogP contribution in [0, 0.1) is 5.92 Å². The molecule has 0 aliphatic carbocycles. The lowest BCUT2D eigenvalue weighted by Crippen LogP contribution is -2.41. The van der Waals surface area contributed by atoms with Gasteiger partial charge in [-0.2, -0.15) is 8.42 Å². The van der Waals surface area contributed by atoms with Crippen LogP contribution in [0.15, 0.2) is 53.7 Å². The van der Waals surface area contributed by atoms with E-state index in [4.69, 9.17) is 15.5 Å². The number of hydrogen-bond donors (Lipinski definition) is 2. The van der Waals surface area contributed by atoms with Gasteiger partial charge in [0, 0.05) is 29.9 Å². The highest BCUT2D eigenvalue weighted by Crippen LogP contribution is 2.38. The maximum Gasteiger partial charge on any atom is 0.281 e. The first-order valence-corrected chi connectivity index (χ1v) is 14.6. The van der Waals surface area contributed by atoms with Crippen LogP contribution < -0.4 is 20.1 Å². The van der Waals surface area contributed by atoms with Crippen LogP contribution in [0.25, 0.3) is 11.3 Å². The van der Waals surface area contributed by atoms with Gasteiger partial charge >= 0.3 is 0 Å². The molecule has 1 fully saturated rings. The van der Waals surface area contributed by atoms with Gasteiger partial charge in [-0.25, -0.2) is 19.7 Å². The molecule has 3 N–H and O–H groups in total. The summed E-state index contributed by atoms with van der Waals surface area (Å²) in [7, 11) is -4.25. The van der Waals surface area contributed by atoms with Crippen molar-refractivity contribution < 1.29 is 17.9 Å². The molecule has 208 valence electrons. The van der Waals surface area contributed by atoms with E-state index in [0.717, 1.165) is 24.8 Å². The molecule has 1 amide bonds. The van der Waals surface area contributed by atoms with Crippen molar-refractivity contribution in [3.63, 3.8) is 0 Å². The lowest BCUT2D eigenvalue weighted by Gasteiger charge is -2.34. The summed E-state index contributed by atoms with van der Waals surface area (Å²) in [4.78, 5) is 28.6. The number of hydrogen-bond acceptors (Lipinski definition) is 9. The lowest BCUT2D eigenvalue weighted by molar-refractivity contribution is 0.0981. The topological polar surface area (TPSA) is 140 Å². The van der Waals surface area contributed by atoms with Crippen LogP contribution in [-0.2, 0) is 10.0 Å². The van der Waals surface area contributed by atoms with Gasteiger partial charge in [-0.1, -0.05) is 26.8 Å². The molecule has 3 aromatic heterocycles.